The highest BCUT2D eigenvalue weighted by molar-refractivity contribution is 5.63. The molecule has 5 heteroatoms. The van der Waals surface area contributed by atoms with Crippen molar-refractivity contribution in [1.29, 1.82) is 0 Å². The Morgan fingerprint density at radius 2 is 2.05 bits per heavy atom. The Balaban J connectivity index is 2.40. The summed E-state index contributed by atoms with van der Waals surface area (Å²) in [5.41, 5.74) is 7.90. The number of hydrogen-bond acceptors (Lipinski definition) is 5. The van der Waals surface area contributed by atoms with Gasteiger partial charge in [0.15, 0.2) is 5.82 Å². The number of aromatic nitrogens is 2. The second-order valence-electron chi connectivity index (χ2n) is 4.93. The smallest absolute Gasteiger partial charge is 0.261 e. The molecule has 0 aliphatic heterocycles. The number of rotatable bonds is 4. The van der Waals surface area contributed by atoms with E-state index in [2.05, 4.69) is 10.1 Å². The summed E-state index contributed by atoms with van der Waals surface area (Å²) in [7, 11) is 1.62. The van der Waals surface area contributed by atoms with E-state index in [4.69, 9.17) is 15.0 Å². The van der Waals surface area contributed by atoms with Crippen LogP contribution < -0.4 is 10.5 Å². The third-order valence-corrected chi connectivity index (χ3v) is 3.04. The molecule has 0 saturated carbocycles. The zero-order valence-electron chi connectivity index (χ0n) is 11.7. The molecule has 0 fully saturated rings. The van der Waals surface area contributed by atoms with Crippen molar-refractivity contribution in [1.82, 2.24) is 10.1 Å². The normalized spacial score (nSPS) is 12.7. The Bertz CT molecular complexity index is 564. The van der Waals surface area contributed by atoms with E-state index in [-0.39, 0.29) is 12.0 Å². The second-order valence-corrected chi connectivity index (χ2v) is 4.93. The fourth-order valence-corrected chi connectivity index (χ4v) is 1.77. The van der Waals surface area contributed by atoms with Gasteiger partial charge in [0.2, 0.25) is 0 Å². The number of nitrogens with two attached hydrogens (primary N) is 1. The lowest BCUT2D eigenvalue weighted by Crippen LogP contribution is -2.18. The second kappa shape index (κ2) is 5.40. The summed E-state index contributed by atoms with van der Waals surface area (Å²) in [5, 5.41) is 3.95. The molecule has 0 spiro atoms. The van der Waals surface area contributed by atoms with Gasteiger partial charge in [0, 0.05) is 0 Å². The maximum Gasteiger partial charge on any atom is 0.261 e. The van der Waals surface area contributed by atoms with E-state index in [0.29, 0.717) is 17.5 Å². The van der Waals surface area contributed by atoms with Crippen LogP contribution in [-0.4, -0.2) is 17.3 Å². The van der Waals surface area contributed by atoms with E-state index in [0.717, 1.165) is 11.1 Å². The summed E-state index contributed by atoms with van der Waals surface area (Å²) in [6.07, 6.45) is 0. The van der Waals surface area contributed by atoms with Crippen LogP contribution in [0.2, 0.25) is 0 Å². The van der Waals surface area contributed by atoms with Crippen molar-refractivity contribution in [3.63, 3.8) is 0 Å². The zero-order valence-corrected chi connectivity index (χ0v) is 11.7. The number of nitrogens with zero attached hydrogens (tertiary/aromatic N) is 2. The highest BCUT2D eigenvalue weighted by Gasteiger charge is 2.19. The summed E-state index contributed by atoms with van der Waals surface area (Å²) in [6, 6.07) is 5.58. The molecule has 102 valence electrons. The van der Waals surface area contributed by atoms with E-state index in [1.807, 2.05) is 39.0 Å². The maximum absolute atomic E-state index is 6.01. The Hall–Kier alpha value is -1.88. The average Bonchev–Trinajstić information content (AvgIpc) is 2.87. The molecule has 0 radical (unpaired) electrons. The van der Waals surface area contributed by atoms with Crippen LogP contribution in [0.15, 0.2) is 22.7 Å². The Labute approximate surface area is 112 Å². The Kier molecular flexibility index (Phi) is 3.85. The standard InChI is InChI=1S/C14H19N3O2/c1-8(2)12(15)13-16-14(19-17-13)10-7-9(3)5-6-11(10)18-4/h5-8,12H,15H2,1-4H3. The number of methoxy groups -OCH3 is 1. The quantitative estimate of drug-likeness (QED) is 0.915. The van der Waals surface area contributed by atoms with Gasteiger partial charge >= 0.3 is 0 Å². The lowest BCUT2D eigenvalue weighted by molar-refractivity contribution is 0.392. The molecule has 5 nitrogen and oxygen atoms in total. The number of benzene rings is 1. The minimum absolute atomic E-state index is 0.228. The third-order valence-electron chi connectivity index (χ3n) is 3.04. The highest BCUT2D eigenvalue weighted by Crippen LogP contribution is 2.30. The van der Waals surface area contributed by atoms with Crippen LogP contribution in [0.4, 0.5) is 0 Å². The highest BCUT2D eigenvalue weighted by atomic mass is 16.5. The van der Waals surface area contributed by atoms with Gasteiger partial charge < -0.3 is 15.0 Å². The van der Waals surface area contributed by atoms with Gasteiger partial charge in [-0.05, 0) is 25.0 Å². The topological polar surface area (TPSA) is 74.2 Å². The van der Waals surface area contributed by atoms with Crippen LogP contribution in [-0.2, 0) is 0 Å². The van der Waals surface area contributed by atoms with Crippen LogP contribution in [0.1, 0.15) is 31.3 Å². The maximum atomic E-state index is 6.01. The fourth-order valence-electron chi connectivity index (χ4n) is 1.77. The van der Waals surface area contributed by atoms with Crippen LogP contribution in [0, 0.1) is 12.8 Å². The average molecular weight is 261 g/mol. The SMILES string of the molecule is COc1ccc(C)cc1-c1nc(C(N)C(C)C)no1. The number of aryl methyl sites for hydroxylation is 1. The number of hydrogen-bond donors (Lipinski definition) is 1. The van der Waals surface area contributed by atoms with Crippen molar-refractivity contribution in [2.45, 2.75) is 26.8 Å². The first-order valence-corrected chi connectivity index (χ1v) is 6.27. The van der Waals surface area contributed by atoms with Gasteiger partial charge in [-0.15, -0.1) is 0 Å². The zero-order chi connectivity index (χ0) is 14.0. The van der Waals surface area contributed by atoms with Gasteiger partial charge in [-0.2, -0.15) is 4.98 Å². The Morgan fingerprint density at radius 3 is 2.68 bits per heavy atom. The van der Waals surface area contributed by atoms with E-state index < -0.39 is 0 Å². The van der Waals surface area contributed by atoms with E-state index >= 15 is 0 Å². The lowest BCUT2D eigenvalue weighted by Gasteiger charge is -2.09. The molecule has 0 bridgehead atoms. The summed E-state index contributed by atoms with van der Waals surface area (Å²) in [4.78, 5) is 4.37. The third kappa shape index (κ3) is 2.76. The molecule has 1 aromatic carbocycles. The first kappa shape index (κ1) is 13.5. The van der Waals surface area contributed by atoms with Crippen LogP contribution in [0.25, 0.3) is 11.5 Å². The molecular formula is C14H19N3O2. The predicted octanol–water partition coefficient (Wildman–Crippen LogP) is 2.71. The number of ether oxygens (including phenoxy) is 1. The summed E-state index contributed by atoms with van der Waals surface area (Å²) < 4.78 is 10.6. The van der Waals surface area contributed by atoms with Gasteiger partial charge in [0.25, 0.3) is 5.89 Å². The van der Waals surface area contributed by atoms with Gasteiger partial charge in [-0.25, -0.2) is 0 Å². The van der Waals surface area contributed by atoms with E-state index in [9.17, 15) is 0 Å². The van der Waals surface area contributed by atoms with Crippen molar-refractivity contribution in [3.8, 4) is 17.2 Å². The summed E-state index contributed by atoms with van der Waals surface area (Å²) in [6.45, 7) is 6.04. The van der Waals surface area contributed by atoms with Gasteiger partial charge in [0.1, 0.15) is 5.75 Å². The molecule has 0 aliphatic rings. The first-order valence-electron chi connectivity index (χ1n) is 6.27. The molecule has 0 saturated heterocycles. The van der Waals surface area contributed by atoms with Gasteiger partial charge in [-0.3, -0.25) is 0 Å². The molecule has 1 unspecified atom stereocenters. The molecule has 1 atom stereocenters. The molecule has 2 aromatic rings. The molecular weight excluding hydrogens is 242 g/mol. The van der Waals surface area contributed by atoms with Crippen LogP contribution in [0.5, 0.6) is 5.75 Å². The van der Waals surface area contributed by atoms with E-state index in [1.54, 1.807) is 7.11 Å². The van der Waals surface area contributed by atoms with Crippen molar-refractivity contribution >= 4 is 0 Å². The molecule has 2 N–H and O–H groups in total. The lowest BCUT2D eigenvalue weighted by atomic mass is 10.1. The predicted molar refractivity (Wildman–Crippen MR) is 72.8 cm³/mol. The van der Waals surface area contributed by atoms with Gasteiger partial charge in [0.05, 0.1) is 18.7 Å². The van der Waals surface area contributed by atoms with E-state index in [1.165, 1.54) is 0 Å². The molecule has 0 amide bonds. The summed E-state index contributed by atoms with van der Waals surface area (Å²) >= 11 is 0. The molecule has 2 rings (SSSR count). The monoisotopic (exact) mass is 261 g/mol. The molecule has 1 heterocycles. The minimum Gasteiger partial charge on any atom is -0.496 e. The van der Waals surface area contributed by atoms with Crippen molar-refractivity contribution in [3.05, 3.63) is 29.6 Å². The minimum atomic E-state index is -0.228. The molecule has 0 aliphatic carbocycles. The van der Waals surface area contributed by atoms with Gasteiger partial charge in [-0.1, -0.05) is 30.6 Å². The fraction of sp³-hybridized carbons (Fsp3) is 0.429. The van der Waals surface area contributed by atoms with Crippen LogP contribution in [0.3, 0.4) is 0 Å². The van der Waals surface area contributed by atoms with Crippen LogP contribution >= 0.6 is 0 Å². The molecule has 1 aromatic heterocycles. The van der Waals surface area contributed by atoms with Crippen molar-refractivity contribution < 1.29 is 9.26 Å². The van der Waals surface area contributed by atoms with Crippen molar-refractivity contribution in [2.75, 3.05) is 7.11 Å². The first-order chi connectivity index (χ1) is 9.02. The Morgan fingerprint density at radius 1 is 1.32 bits per heavy atom. The summed E-state index contributed by atoms with van der Waals surface area (Å²) in [5.74, 6) is 1.92. The van der Waals surface area contributed by atoms with Crippen molar-refractivity contribution in [2.24, 2.45) is 11.7 Å². The largest absolute Gasteiger partial charge is 0.496 e. The molecule has 19 heavy (non-hydrogen) atoms.